The van der Waals surface area contributed by atoms with E-state index >= 15 is 0 Å². The van der Waals surface area contributed by atoms with E-state index in [0.29, 0.717) is 0 Å². The van der Waals surface area contributed by atoms with Crippen LogP contribution < -0.4 is 0 Å². The summed E-state index contributed by atoms with van der Waals surface area (Å²) in [5.41, 5.74) is -4.68. The molecule has 0 N–H and O–H groups in total. The number of carbonyl (C=O) groups is 6. The van der Waals surface area contributed by atoms with Gasteiger partial charge in [-0.25, -0.2) is 0 Å². The number of rotatable bonds is 4. The van der Waals surface area contributed by atoms with Gasteiger partial charge in [-0.2, -0.15) is 0 Å². The molecule has 2 aliphatic rings. The van der Waals surface area contributed by atoms with Crippen molar-refractivity contribution in [1.29, 1.82) is 0 Å². The molecule has 6 atom stereocenters. The van der Waals surface area contributed by atoms with Crippen molar-refractivity contribution in [1.82, 2.24) is 0 Å². The molecule has 2 rings (SSSR count). The summed E-state index contributed by atoms with van der Waals surface area (Å²) in [6.45, 7) is 14.8. The first-order valence-electron chi connectivity index (χ1n) is 12.2. The molecule has 38 heavy (non-hydrogen) atoms. The molecule has 1 fully saturated rings. The lowest BCUT2D eigenvalue weighted by Gasteiger charge is -2.40. The number of fused-ring (bicyclic) bond motifs is 1. The van der Waals surface area contributed by atoms with Crippen molar-refractivity contribution in [3.8, 4) is 0 Å². The second-order valence-corrected chi connectivity index (χ2v) is 10.7. The first-order chi connectivity index (χ1) is 17.4. The maximum absolute atomic E-state index is 14.3. The third-order valence-electron chi connectivity index (χ3n) is 6.78. The molecular weight excluding hydrogens is 496 g/mol. The van der Waals surface area contributed by atoms with Crippen molar-refractivity contribution in [2.45, 2.75) is 85.2 Å². The predicted molar refractivity (Wildman–Crippen MR) is 134 cm³/mol. The Morgan fingerprint density at radius 1 is 0.868 bits per heavy atom. The summed E-state index contributed by atoms with van der Waals surface area (Å²) in [5, 5.41) is 0. The van der Waals surface area contributed by atoms with E-state index in [1.54, 1.807) is 26.8 Å². The number of carbonyl (C=O) groups excluding carboxylic acids is 6. The average molecular weight is 533 g/mol. The molecule has 1 saturated carbocycles. The van der Waals surface area contributed by atoms with E-state index < -0.39 is 76.7 Å². The zero-order valence-electron chi connectivity index (χ0n) is 23.1. The van der Waals surface area contributed by atoms with Crippen LogP contribution in [0.3, 0.4) is 0 Å². The lowest BCUT2D eigenvalue weighted by atomic mass is 9.74. The highest BCUT2D eigenvalue weighted by Gasteiger charge is 2.71. The number of Topliss-reactive ketones (excluding diaryl/α,β-unsaturated/α-hetero) is 1. The monoisotopic (exact) mass is 532 g/mol. The van der Waals surface area contributed by atoms with Crippen LogP contribution >= 0.6 is 0 Å². The summed E-state index contributed by atoms with van der Waals surface area (Å²) >= 11 is 0. The molecule has 0 unspecified atom stereocenters. The summed E-state index contributed by atoms with van der Waals surface area (Å²) in [6, 6.07) is 0. The number of ether oxygens (including phenoxy) is 4. The number of hydrogen-bond donors (Lipinski definition) is 0. The summed E-state index contributed by atoms with van der Waals surface area (Å²) in [7, 11) is 0. The molecule has 2 aliphatic carbocycles. The van der Waals surface area contributed by atoms with E-state index in [1.807, 2.05) is 0 Å². The van der Waals surface area contributed by atoms with Gasteiger partial charge in [-0.05, 0) is 32.4 Å². The molecule has 10 nitrogen and oxygen atoms in total. The smallest absolute Gasteiger partial charge is 0.303 e. The van der Waals surface area contributed by atoms with Gasteiger partial charge in [-0.3, -0.25) is 28.8 Å². The fraction of sp³-hybridized carbons (Fsp3) is 0.571. The Morgan fingerprint density at radius 3 is 1.92 bits per heavy atom. The van der Waals surface area contributed by atoms with Crippen LogP contribution in [0.1, 0.15) is 61.8 Å². The summed E-state index contributed by atoms with van der Waals surface area (Å²) in [4.78, 5) is 76.4. The van der Waals surface area contributed by atoms with Gasteiger partial charge in [0.05, 0.1) is 5.92 Å². The van der Waals surface area contributed by atoms with Crippen molar-refractivity contribution in [2.75, 3.05) is 0 Å². The average Bonchev–Trinajstić information content (AvgIpc) is 2.98. The van der Waals surface area contributed by atoms with Crippen molar-refractivity contribution in [3.05, 3.63) is 36.5 Å². The lowest BCUT2D eigenvalue weighted by Crippen LogP contribution is -2.56. The minimum absolute atomic E-state index is 0.0695. The maximum Gasteiger partial charge on any atom is 0.303 e. The first kappa shape index (κ1) is 30.7. The molecule has 0 aromatic heterocycles. The Kier molecular flexibility index (Phi) is 8.91. The van der Waals surface area contributed by atoms with Crippen LogP contribution in [-0.2, 0) is 47.7 Å². The van der Waals surface area contributed by atoms with Crippen LogP contribution in [0.4, 0.5) is 0 Å². The van der Waals surface area contributed by atoms with E-state index in [9.17, 15) is 28.8 Å². The molecule has 0 aromatic rings. The van der Waals surface area contributed by atoms with Crippen molar-refractivity contribution < 1.29 is 47.7 Å². The lowest BCUT2D eigenvalue weighted by molar-refractivity contribution is -0.188. The normalized spacial score (nSPS) is 34.6. The van der Waals surface area contributed by atoms with Crippen LogP contribution in [0.15, 0.2) is 36.5 Å². The van der Waals surface area contributed by atoms with Crippen LogP contribution in [0.2, 0.25) is 0 Å². The third-order valence-corrected chi connectivity index (χ3v) is 6.78. The molecule has 10 heteroatoms. The van der Waals surface area contributed by atoms with Crippen molar-refractivity contribution in [2.24, 2.45) is 17.3 Å². The highest BCUT2D eigenvalue weighted by Crippen LogP contribution is 2.53. The maximum atomic E-state index is 14.3. The van der Waals surface area contributed by atoms with E-state index in [1.165, 1.54) is 25.2 Å². The number of ketones is 2. The Hall–Kier alpha value is -3.56. The van der Waals surface area contributed by atoms with Gasteiger partial charge >= 0.3 is 23.9 Å². The van der Waals surface area contributed by atoms with Crippen LogP contribution in [0.25, 0.3) is 0 Å². The van der Waals surface area contributed by atoms with Gasteiger partial charge < -0.3 is 18.9 Å². The Bertz CT molecular complexity index is 1110. The van der Waals surface area contributed by atoms with Crippen molar-refractivity contribution >= 4 is 35.4 Å². The molecule has 0 amide bonds. The van der Waals surface area contributed by atoms with Crippen molar-refractivity contribution in [3.63, 3.8) is 0 Å². The van der Waals surface area contributed by atoms with E-state index in [2.05, 4.69) is 6.58 Å². The van der Waals surface area contributed by atoms with Gasteiger partial charge in [0.15, 0.2) is 28.9 Å². The second kappa shape index (κ2) is 11.0. The second-order valence-electron chi connectivity index (χ2n) is 10.7. The predicted octanol–water partition coefficient (Wildman–Crippen LogP) is 2.98. The van der Waals surface area contributed by atoms with Gasteiger partial charge in [-0.15, -0.1) is 0 Å². The number of hydrogen-bond acceptors (Lipinski definition) is 10. The van der Waals surface area contributed by atoms with Gasteiger partial charge in [0, 0.05) is 45.4 Å². The summed E-state index contributed by atoms with van der Waals surface area (Å²) in [5.74, 6) is -6.37. The van der Waals surface area contributed by atoms with Crippen LogP contribution in [0.5, 0.6) is 0 Å². The van der Waals surface area contributed by atoms with E-state index in [0.717, 1.165) is 27.7 Å². The first-order valence-corrected chi connectivity index (χ1v) is 12.2. The molecule has 208 valence electrons. The van der Waals surface area contributed by atoms with Crippen LogP contribution in [-0.4, -0.2) is 58.9 Å². The molecule has 0 heterocycles. The zero-order chi connectivity index (χ0) is 29.2. The Morgan fingerprint density at radius 2 is 1.42 bits per heavy atom. The SMILES string of the molecule is C=C1/C=C/C(=O)C(C)(C)/C=C/[C@@H](C)C(=O)[C@@]2(OC(C)=O)C[C@@](C)(OC(C)=O)[C@H](OC(C)=O)[C@@H]2[C@H]1OC(C)=O. The topological polar surface area (TPSA) is 139 Å². The minimum atomic E-state index is -2.08. The molecule has 0 aliphatic heterocycles. The van der Waals surface area contributed by atoms with Crippen LogP contribution in [0, 0.1) is 17.3 Å². The molecular formula is C28H36O10. The third kappa shape index (κ3) is 6.28. The number of allylic oxidation sites excluding steroid dienone is 3. The quantitative estimate of drug-likeness (QED) is 0.301. The molecule has 0 spiro atoms. The van der Waals surface area contributed by atoms with Gasteiger partial charge in [-0.1, -0.05) is 31.7 Å². The highest BCUT2D eigenvalue weighted by atomic mass is 16.6. The van der Waals surface area contributed by atoms with Gasteiger partial charge in [0.2, 0.25) is 0 Å². The fourth-order valence-electron chi connectivity index (χ4n) is 5.22. The zero-order valence-corrected chi connectivity index (χ0v) is 23.1. The minimum Gasteiger partial charge on any atom is -0.458 e. The van der Waals surface area contributed by atoms with E-state index in [4.69, 9.17) is 18.9 Å². The standard InChI is InChI=1S/C28H36O10/c1-15-10-11-21(33)26(7,8)13-12-16(2)24(34)28(38-20(6)32)14-27(9,37-19(5)31)25(36-18(4)30)22(28)23(15)35-17(3)29/h10-13,16,22-23,25H,1,14H2,2-9H3/b11-10+,13-12+/t16-,22+,23+,25-,27-,28-/m1/s1. The molecule has 0 radical (unpaired) electrons. The van der Waals surface area contributed by atoms with E-state index in [-0.39, 0.29) is 11.4 Å². The van der Waals surface area contributed by atoms with Gasteiger partial charge in [0.25, 0.3) is 0 Å². The molecule has 0 bridgehead atoms. The molecule has 0 saturated heterocycles. The Labute approximate surface area is 222 Å². The largest absolute Gasteiger partial charge is 0.458 e. The number of esters is 4. The highest BCUT2D eigenvalue weighted by molar-refractivity contribution is 5.97. The fourth-order valence-corrected chi connectivity index (χ4v) is 5.22. The summed E-state index contributed by atoms with van der Waals surface area (Å²) < 4.78 is 22.6. The van der Waals surface area contributed by atoms with Gasteiger partial charge in [0.1, 0.15) is 6.10 Å². The summed E-state index contributed by atoms with van der Waals surface area (Å²) in [6.07, 6.45) is 2.49. The Balaban J connectivity index is 3.01. The molecule has 0 aromatic carbocycles.